The molecule has 0 aromatic heterocycles. The zero-order valence-corrected chi connectivity index (χ0v) is 8.57. The maximum absolute atomic E-state index is 12.3. The fourth-order valence-electron chi connectivity index (χ4n) is 0.608. The molecule has 0 amide bonds. The van der Waals surface area contributed by atoms with Gasteiger partial charge in [0.15, 0.2) is 0 Å². The van der Waals surface area contributed by atoms with Crippen LogP contribution in [0.25, 0.3) is 0 Å². The second-order valence-electron chi connectivity index (χ2n) is 3.63. The van der Waals surface area contributed by atoms with Gasteiger partial charge in [0, 0.05) is 0 Å². The molecule has 0 saturated heterocycles. The molecule has 0 unspecified atom stereocenters. The highest BCUT2D eigenvalue weighted by molar-refractivity contribution is 5.16. The molecule has 0 radical (unpaired) electrons. The van der Waals surface area contributed by atoms with Crippen LogP contribution in [0.5, 0.6) is 0 Å². The van der Waals surface area contributed by atoms with Crippen LogP contribution in [0.3, 0.4) is 0 Å². The lowest BCUT2D eigenvalue weighted by Crippen LogP contribution is -1.81. The predicted molar refractivity (Wildman–Crippen MR) is 51.6 cm³/mol. The summed E-state index contributed by atoms with van der Waals surface area (Å²) in [6, 6.07) is 3.38. The lowest BCUT2D eigenvalue weighted by atomic mass is 10.2. The number of hydrogen-bond acceptors (Lipinski definition) is 0. The zero-order chi connectivity index (χ0) is 10.4. The molecule has 0 bridgehead atoms. The van der Waals surface area contributed by atoms with Gasteiger partial charge in [0.2, 0.25) is 0 Å². The molecular formula is C11H16F2. The SMILES string of the molecule is CC(C)C.Cc1cc(F)ccc1F. The van der Waals surface area contributed by atoms with Gasteiger partial charge in [0.05, 0.1) is 0 Å². The minimum Gasteiger partial charge on any atom is -0.207 e. The average Bonchev–Trinajstić information content (AvgIpc) is 1.96. The van der Waals surface area contributed by atoms with Gasteiger partial charge in [-0.05, 0) is 36.6 Å². The highest BCUT2D eigenvalue weighted by Gasteiger charge is 1.95. The third kappa shape index (κ3) is 6.26. The molecule has 0 spiro atoms. The van der Waals surface area contributed by atoms with Crippen LogP contribution < -0.4 is 0 Å². The molecule has 0 aliphatic heterocycles. The van der Waals surface area contributed by atoms with Gasteiger partial charge in [-0.2, -0.15) is 0 Å². The van der Waals surface area contributed by atoms with E-state index in [1.54, 1.807) is 0 Å². The van der Waals surface area contributed by atoms with Crippen molar-refractivity contribution in [1.82, 2.24) is 0 Å². The molecule has 1 aromatic carbocycles. The van der Waals surface area contributed by atoms with E-state index in [1.165, 1.54) is 6.92 Å². The van der Waals surface area contributed by atoms with Crippen LogP contribution >= 0.6 is 0 Å². The van der Waals surface area contributed by atoms with Crippen molar-refractivity contribution in [2.24, 2.45) is 5.92 Å². The molecule has 0 aliphatic carbocycles. The molecule has 0 saturated carbocycles. The van der Waals surface area contributed by atoms with E-state index in [2.05, 4.69) is 20.8 Å². The van der Waals surface area contributed by atoms with Gasteiger partial charge >= 0.3 is 0 Å². The molecule has 0 fully saturated rings. The first-order chi connectivity index (χ1) is 5.93. The number of rotatable bonds is 0. The number of hydrogen-bond donors (Lipinski definition) is 0. The van der Waals surface area contributed by atoms with E-state index in [4.69, 9.17) is 0 Å². The smallest absolute Gasteiger partial charge is 0.126 e. The van der Waals surface area contributed by atoms with Crippen molar-refractivity contribution in [3.05, 3.63) is 35.4 Å². The quantitative estimate of drug-likeness (QED) is 0.575. The Balaban J connectivity index is 0.000000310. The molecule has 74 valence electrons. The number of aryl methyl sites for hydroxylation is 1. The van der Waals surface area contributed by atoms with E-state index in [1.807, 2.05) is 0 Å². The minimum absolute atomic E-state index is 0.343. The predicted octanol–water partition coefficient (Wildman–Crippen LogP) is 3.94. The Labute approximate surface area is 78.6 Å². The van der Waals surface area contributed by atoms with Crippen LogP contribution in [-0.2, 0) is 0 Å². The molecule has 2 heteroatoms. The van der Waals surface area contributed by atoms with Crippen molar-refractivity contribution in [2.45, 2.75) is 27.7 Å². The maximum Gasteiger partial charge on any atom is 0.126 e. The Hall–Kier alpha value is -0.920. The standard InChI is InChI=1S/C7H6F2.C4H10/c1-5-4-6(8)2-3-7(5)9;1-4(2)3/h2-4H,1H3;4H,1-3H3. The Morgan fingerprint density at radius 1 is 1.08 bits per heavy atom. The molecule has 1 rings (SSSR count). The van der Waals surface area contributed by atoms with Crippen LogP contribution in [0.4, 0.5) is 8.78 Å². The highest BCUT2D eigenvalue weighted by atomic mass is 19.1. The van der Waals surface area contributed by atoms with E-state index in [0.29, 0.717) is 5.56 Å². The van der Waals surface area contributed by atoms with Crippen molar-refractivity contribution >= 4 is 0 Å². The fraction of sp³-hybridized carbons (Fsp3) is 0.455. The summed E-state index contributed by atoms with van der Waals surface area (Å²) in [6.07, 6.45) is 0. The largest absolute Gasteiger partial charge is 0.207 e. The second kappa shape index (κ2) is 5.68. The number of benzene rings is 1. The normalized spacial score (nSPS) is 9.46. The minimum atomic E-state index is -0.395. The molecule has 1 aromatic rings. The first-order valence-corrected chi connectivity index (χ1v) is 4.35. The summed E-state index contributed by atoms with van der Waals surface area (Å²) in [5, 5.41) is 0. The van der Waals surface area contributed by atoms with E-state index in [9.17, 15) is 8.78 Å². The van der Waals surface area contributed by atoms with E-state index < -0.39 is 5.82 Å². The van der Waals surface area contributed by atoms with E-state index in [-0.39, 0.29) is 5.82 Å². The average molecular weight is 186 g/mol. The molecular weight excluding hydrogens is 170 g/mol. The fourth-order valence-corrected chi connectivity index (χ4v) is 0.608. The molecule has 0 nitrogen and oxygen atoms in total. The second-order valence-corrected chi connectivity index (χ2v) is 3.63. The van der Waals surface area contributed by atoms with Crippen LogP contribution in [-0.4, -0.2) is 0 Å². The zero-order valence-electron chi connectivity index (χ0n) is 8.57. The lowest BCUT2D eigenvalue weighted by Gasteiger charge is -1.92. The van der Waals surface area contributed by atoms with Crippen LogP contribution in [0, 0.1) is 24.5 Å². The molecule has 0 atom stereocenters. The first-order valence-electron chi connectivity index (χ1n) is 4.35. The van der Waals surface area contributed by atoms with Gasteiger partial charge in [-0.1, -0.05) is 20.8 Å². The molecule has 0 aliphatic rings. The van der Waals surface area contributed by atoms with Gasteiger partial charge in [-0.25, -0.2) is 8.78 Å². The van der Waals surface area contributed by atoms with Crippen molar-refractivity contribution in [3.8, 4) is 0 Å². The Morgan fingerprint density at radius 2 is 1.54 bits per heavy atom. The monoisotopic (exact) mass is 186 g/mol. The van der Waals surface area contributed by atoms with Gasteiger partial charge in [-0.3, -0.25) is 0 Å². The summed E-state index contributed by atoms with van der Waals surface area (Å²) in [6.45, 7) is 8.03. The molecule has 0 N–H and O–H groups in total. The van der Waals surface area contributed by atoms with Gasteiger partial charge in [0.1, 0.15) is 11.6 Å². The first kappa shape index (κ1) is 12.1. The summed E-state index contributed by atoms with van der Waals surface area (Å²) >= 11 is 0. The molecule has 13 heavy (non-hydrogen) atoms. The van der Waals surface area contributed by atoms with Gasteiger partial charge < -0.3 is 0 Å². The third-order valence-electron chi connectivity index (χ3n) is 1.12. The van der Waals surface area contributed by atoms with Gasteiger partial charge in [-0.15, -0.1) is 0 Å². The maximum atomic E-state index is 12.3. The van der Waals surface area contributed by atoms with Crippen LogP contribution in [0.1, 0.15) is 26.3 Å². The van der Waals surface area contributed by atoms with Crippen LogP contribution in [0.2, 0.25) is 0 Å². The van der Waals surface area contributed by atoms with Crippen LogP contribution in [0.15, 0.2) is 18.2 Å². The summed E-state index contributed by atoms with van der Waals surface area (Å²) in [5.41, 5.74) is 0.343. The Kier molecular flexibility index (Phi) is 5.28. The summed E-state index contributed by atoms with van der Waals surface area (Å²) in [5.74, 6) is 0.0744. The summed E-state index contributed by atoms with van der Waals surface area (Å²) in [4.78, 5) is 0. The lowest BCUT2D eigenvalue weighted by molar-refractivity contribution is 0.592. The Bertz CT molecular complexity index is 252. The van der Waals surface area contributed by atoms with Crippen molar-refractivity contribution in [2.75, 3.05) is 0 Å². The molecule has 0 heterocycles. The third-order valence-corrected chi connectivity index (χ3v) is 1.12. The van der Waals surface area contributed by atoms with Crippen molar-refractivity contribution < 1.29 is 8.78 Å². The summed E-state index contributed by atoms with van der Waals surface area (Å²) < 4.78 is 24.5. The van der Waals surface area contributed by atoms with Gasteiger partial charge in [0.25, 0.3) is 0 Å². The Morgan fingerprint density at radius 3 is 1.85 bits per heavy atom. The van der Waals surface area contributed by atoms with E-state index >= 15 is 0 Å². The number of halogens is 2. The van der Waals surface area contributed by atoms with Crippen molar-refractivity contribution in [1.29, 1.82) is 0 Å². The van der Waals surface area contributed by atoms with E-state index in [0.717, 1.165) is 24.1 Å². The summed E-state index contributed by atoms with van der Waals surface area (Å²) in [7, 11) is 0. The highest BCUT2D eigenvalue weighted by Crippen LogP contribution is 2.06. The van der Waals surface area contributed by atoms with Crippen molar-refractivity contribution in [3.63, 3.8) is 0 Å². The topological polar surface area (TPSA) is 0 Å².